The Morgan fingerprint density at radius 1 is 1.19 bits per heavy atom. The quantitative estimate of drug-likeness (QED) is 0.501. The lowest BCUT2D eigenvalue weighted by Gasteiger charge is -2.11. The minimum atomic E-state index is -1.06. The predicted octanol–water partition coefficient (Wildman–Crippen LogP) is 4.05. The van der Waals surface area contributed by atoms with E-state index in [2.05, 4.69) is 9.97 Å². The number of carboxylic acids is 1. The summed E-state index contributed by atoms with van der Waals surface area (Å²) in [7, 11) is 0. The number of H-pyrrole nitrogens is 1. The van der Waals surface area contributed by atoms with Gasteiger partial charge in [-0.25, -0.2) is 4.98 Å². The van der Waals surface area contributed by atoms with E-state index in [1.54, 1.807) is 0 Å². The minimum absolute atomic E-state index is 0.0495. The second-order valence-corrected chi connectivity index (χ2v) is 6.03. The highest BCUT2D eigenvalue weighted by Crippen LogP contribution is 2.29. The third-order valence-electron chi connectivity index (χ3n) is 3.97. The van der Waals surface area contributed by atoms with E-state index in [0.717, 1.165) is 5.56 Å². The average molecular weight is 372 g/mol. The molecule has 2 aromatic carbocycles. The first kappa shape index (κ1) is 17.6. The molecular weight excluding hydrogens is 358 g/mol. The van der Waals surface area contributed by atoms with Crippen molar-refractivity contribution >= 4 is 23.3 Å². The normalized spacial score (nSPS) is 11.9. The zero-order valence-corrected chi connectivity index (χ0v) is 14.2. The molecule has 26 heavy (non-hydrogen) atoms. The van der Waals surface area contributed by atoms with Gasteiger partial charge in [0.25, 0.3) is 5.69 Å². The van der Waals surface area contributed by atoms with Gasteiger partial charge in [0.15, 0.2) is 5.15 Å². The number of hydrogen-bond acceptors (Lipinski definition) is 4. The molecule has 1 heterocycles. The summed E-state index contributed by atoms with van der Waals surface area (Å²) in [5.41, 5.74) is 1.69. The number of non-ortho nitro benzene ring substituents is 1. The molecular formula is C18H14ClN3O4. The third-order valence-corrected chi connectivity index (χ3v) is 4.25. The van der Waals surface area contributed by atoms with Crippen molar-refractivity contribution in [2.24, 2.45) is 0 Å². The number of benzene rings is 2. The van der Waals surface area contributed by atoms with Crippen LogP contribution in [0.1, 0.15) is 17.2 Å². The summed E-state index contributed by atoms with van der Waals surface area (Å²) in [6.07, 6.45) is 0.128. The standard InChI is InChI=1S/C18H14ClN3O4/c19-16-15(20-17(21-16)12-4-2-1-3-5-12)14(18(23)24)10-11-6-8-13(9-7-11)22(25)26/h1-9,14H,10H2,(H,20,21)(H,23,24). The number of aromatic nitrogens is 2. The summed E-state index contributed by atoms with van der Waals surface area (Å²) in [5, 5.41) is 20.4. The van der Waals surface area contributed by atoms with E-state index in [1.807, 2.05) is 30.3 Å². The number of nitro groups is 1. The number of nitro benzene ring substituents is 1. The molecule has 7 nitrogen and oxygen atoms in total. The molecule has 0 bridgehead atoms. The molecule has 0 aliphatic rings. The van der Waals surface area contributed by atoms with Crippen LogP contribution < -0.4 is 0 Å². The summed E-state index contributed by atoms with van der Waals surface area (Å²) in [6, 6.07) is 15.0. The second kappa shape index (κ2) is 7.37. The molecule has 3 rings (SSSR count). The van der Waals surface area contributed by atoms with E-state index in [0.29, 0.717) is 17.1 Å². The Kier molecular flexibility index (Phi) is 4.99. The van der Waals surface area contributed by atoms with E-state index >= 15 is 0 Å². The van der Waals surface area contributed by atoms with Crippen LogP contribution in [-0.4, -0.2) is 26.0 Å². The Morgan fingerprint density at radius 2 is 1.85 bits per heavy atom. The Labute approximate surface area is 153 Å². The van der Waals surface area contributed by atoms with Crippen LogP contribution in [-0.2, 0) is 11.2 Å². The molecule has 0 saturated carbocycles. The van der Waals surface area contributed by atoms with Crippen molar-refractivity contribution in [3.8, 4) is 11.4 Å². The molecule has 1 unspecified atom stereocenters. The van der Waals surface area contributed by atoms with E-state index in [4.69, 9.17) is 11.6 Å². The number of halogens is 1. The van der Waals surface area contributed by atoms with Gasteiger partial charge in [0.2, 0.25) is 0 Å². The van der Waals surface area contributed by atoms with Gasteiger partial charge in [-0.3, -0.25) is 14.9 Å². The van der Waals surface area contributed by atoms with Crippen molar-refractivity contribution < 1.29 is 14.8 Å². The Morgan fingerprint density at radius 3 is 2.42 bits per heavy atom. The molecule has 132 valence electrons. The molecule has 8 heteroatoms. The Hall–Kier alpha value is -3.19. The van der Waals surface area contributed by atoms with Crippen LogP contribution in [0.25, 0.3) is 11.4 Å². The number of aliphatic carboxylic acids is 1. The zero-order chi connectivity index (χ0) is 18.7. The highest BCUT2D eigenvalue weighted by molar-refractivity contribution is 6.30. The maximum Gasteiger partial charge on any atom is 0.312 e. The SMILES string of the molecule is O=C(O)C(Cc1ccc([N+](=O)[O-])cc1)c1[nH]c(-c2ccccc2)nc1Cl. The summed E-state index contributed by atoms with van der Waals surface area (Å²) in [4.78, 5) is 29.2. The van der Waals surface area contributed by atoms with Crippen LogP contribution in [0.2, 0.25) is 5.15 Å². The number of hydrogen-bond donors (Lipinski definition) is 2. The zero-order valence-electron chi connectivity index (χ0n) is 13.4. The van der Waals surface area contributed by atoms with Gasteiger partial charge in [0.05, 0.1) is 10.6 Å². The number of carboxylic acid groups (broad SMARTS) is 1. The lowest BCUT2D eigenvalue weighted by atomic mass is 9.96. The minimum Gasteiger partial charge on any atom is -0.481 e. The van der Waals surface area contributed by atoms with Crippen molar-refractivity contribution in [2.45, 2.75) is 12.3 Å². The monoisotopic (exact) mass is 371 g/mol. The lowest BCUT2D eigenvalue weighted by Crippen LogP contribution is -2.15. The number of aromatic amines is 1. The van der Waals surface area contributed by atoms with Crippen molar-refractivity contribution in [2.75, 3.05) is 0 Å². The van der Waals surface area contributed by atoms with Gasteiger partial charge in [-0.15, -0.1) is 0 Å². The van der Waals surface area contributed by atoms with E-state index in [9.17, 15) is 20.0 Å². The summed E-state index contributed by atoms with van der Waals surface area (Å²) >= 11 is 6.17. The van der Waals surface area contributed by atoms with Crippen LogP contribution in [0.4, 0.5) is 5.69 Å². The maximum atomic E-state index is 11.8. The molecule has 0 saturated heterocycles. The largest absolute Gasteiger partial charge is 0.481 e. The Balaban J connectivity index is 1.90. The van der Waals surface area contributed by atoms with Crippen molar-refractivity contribution in [1.82, 2.24) is 9.97 Å². The van der Waals surface area contributed by atoms with Crippen molar-refractivity contribution in [3.63, 3.8) is 0 Å². The van der Waals surface area contributed by atoms with E-state index < -0.39 is 16.8 Å². The van der Waals surface area contributed by atoms with Crippen LogP contribution in [0.15, 0.2) is 54.6 Å². The predicted molar refractivity (Wildman–Crippen MR) is 96.2 cm³/mol. The summed E-state index contributed by atoms with van der Waals surface area (Å²) in [6.45, 7) is 0. The fourth-order valence-corrected chi connectivity index (χ4v) is 2.89. The van der Waals surface area contributed by atoms with Gasteiger partial charge >= 0.3 is 5.97 Å². The van der Waals surface area contributed by atoms with Crippen LogP contribution in [0, 0.1) is 10.1 Å². The molecule has 2 N–H and O–H groups in total. The summed E-state index contributed by atoms with van der Waals surface area (Å²) < 4.78 is 0. The number of rotatable bonds is 6. The first-order valence-electron chi connectivity index (χ1n) is 7.72. The van der Waals surface area contributed by atoms with Crippen molar-refractivity contribution in [1.29, 1.82) is 0 Å². The van der Waals surface area contributed by atoms with Gasteiger partial charge in [0, 0.05) is 17.7 Å². The van der Waals surface area contributed by atoms with Gasteiger partial charge < -0.3 is 10.1 Å². The Bertz CT molecular complexity index is 939. The lowest BCUT2D eigenvalue weighted by molar-refractivity contribution is -0.384. The smallest absolute Gasteiger partial charge is 0.312 e. The molecule has 0 amide bonds. The molecule has 0 spiro atoms. The molecule has 0 fully saturated rings. The fourth-order valence-electron chi connectivity index (χ4n) is 2.63. The fraction of sp³-hybridized carbons (Fsp3) is 0.111. The maximum absolute atomic E-state index is 11.8. The number of nitrogens with one attached hydrogen (secondary N) is 1. The van der Waals surface area contributed by atoms with Crippen LogP contribution in [0.3, 0.4) is 0 Å². The molecule has 0 radical (unpaired) electrons. The number of nitrogens with zero attached hydrogens (tertiary/aromatic N) is 2. The molecule has 3 aromatic rings. The number of imidazole rings is 1. The molecule has 1 atom stereocenters. The second-order valence-electron chi connectivity index (χ2n) is 5.67. The van der Waals surface area contributed by atoms with Crippen molar-refractivity contribution in [3.05, 3.63) is 81.1 Å². The average Bonchev–Trinajstić information content (AvgIpc) is 3.02. The number of carbonyl (C=O) groups is 1. The first-order valence-corrected chi connectivity index (χ1v) is 8.10. The molecule has 1 aromatic heterocycles. The van der Waals surface area contributed by atoms with Gasteiger partial charge in [-0.1, -0.05) is 54.1 Å². The van der Waals surface area contributed by atoms with Crippen LogP contribution in [0.5, 0.6) is 0 Å². The molecule has 0 aliphatic carbocycles. The van der Waals surface area contributed by atoms with Gasteiger partial charge in [-0.05, 0) is 12.0 Å². The third kappa shape index (κ3) is 3.73. The molecule has 0 aliphatic heterocycles. The van der Waals surface area contributed by atoms with Crippen LogP contribution >= 0.6 is 11.6 Å². The topological polar surface area (TPSA) is 109 Å². The van der Waals surface area contributed by atoms with Gasteiger partial charge in [-0.2, -0.15) is 0 Å². The highest BCUT2D eigenvalue weighted by atomic mass is 35.5. The van der Waals surface area contributed by atoms with E-state index in [1.165, 1.54) is 24.3 Å². The van der Waals surface area contributed by atoms with E-state index in [-0.39, 0.29) is 17.3 Å². The highest BCUT2D eigenvalue weighted by Gasteiger charge is 2.26. The van der Waals surface area contributed by atoms with Gasteiger partial charge in [0.1, 0.15) is 11.7 Å². The first-order chi connectivity index (χ1) is 12.5. The summed E-state index contributed by atoms with van der Waals surface area (Å²) in [5.74, 6) is -1.53.